The van der Waals surface area contributed by atoms with Crippen LogP contribution in [-0.2, 0) is 6.18 Å². The summed E-state index contributed by atoms with van der Waals surface area (Å²) in [6.45, 7) is 2.67. The van der Waals surface area contributed by atoms with Gasteiger partial charge in [-0.2, -0.15) is 13.2 Å². The summed E-state index contributed by atoms with van der Waals surface area (Å²) in [6.07, 6.45) is 0.920. The molecule has 0 radical (unpaired) electrons. The first-order chi connectivity index (χ1) is 9.93. The average Bonchev–Trinajstić information content (AvgIpc) is 2.44. The second kappa shape index (κ2) is 6.77. The number of benzene rings is 1. The van der Waals surface area contributed by atoms with Crippen LogP contribution in [0.1, 0.15) is 56.2 Å². The third kappa shape index (κ3) is 3.96. The summed E-state index contributed by atoms with van der Waals surface area (Å²) in [6, 6.07) is 3.25. The van der Waals surface area contributed by atoms with Crippen LogP contribution in [0.5, 0.6) is 0 Å². The predicted octanol–water partition coefficient (Wildman–Crippen LogP) is 5.08. The maximum Gasteiger partial charge on any atom is 0.419 e. The smallest absolute Gasteiger partial charge is 0.310 e. The molecule has 1 aromatic rings. The van der Waals surface area contributed by atoms with E-state index >= 15 is 0 Å². The van der Waals surface area contributed by atoms with Gasteiger partial charge in [0.2, 0.25) is 0 Å². The van der Waals surface area contributed by atoms with Crippen molar-refractivity contribution in [1.29, 1.82) is 0 Å². The van der Waals surface area contributed by atoms with Crippen LogP contribution < -0.4 is 5.32 Å². The Bertz CT molecular complexity index is 464. The van der Waals surface area contributed by atoms with Gasteiger partial charge in [-0.3, -0.25) is 0 Å². The highest BCUT2D eigenvalue weighted by molar-refractivity contribution is 5.29. The molecule has 5 heteroatoms. The second-order valence-corrected chi connectivity index (χ2v) is 5.67. The van der Waals surface area contributed by atoms with Gasteiger partial charge in [0.25, 0.3) is 0 Å². The van der Waals surface area contributed by atoms with E-state index in [2.05, 4.69) is 5.32 Å². The zero-order chi connectivity index (χ0) is 15.5. The third-order valence-electron chi connectivity index (χ3n) is 4.20. The fourth-order valence-electron chi connectivity index (χ4n) is 3.20. The van der Waals surface area contributed by atoms with E-state index in [0.717, 1.165) is 37.8 Å². The maximum atomic E-state index is 13.8. The van der Waals surface area contributed by atoms with E-state index < -0.39 is 17.6 Å². The summed E-state index contributed by atoms with van der Waals surface area (Å²) < 4.78 is 51.7. The molecule has 0 amide bonds. The average molecular weight is 303 g/mol. The molecule has 1 fully saturated rings. The lowest BCUT2D eigenvalue weighted by Crippen LogP contribution is -2.29. The van der Waals surface area contributed by atoms with E-state index in [1.807, 2.05) is 6.92 Å². The van der Waals surface area contributed by atoms with Crippen LogP contribution in [0.15, 0.2) is 18.2 Å². The van der Waals surface area contributed by atoms with Crippen LogP contribution in [0.25, 0.3) is 0 Å². The minimum Gasteiger partial charge on any atom is -0.310 e. The number of hydrogen-bond acceptors (Lipinski definition) is 1. The molecule has 2 rings (SSSR count). The van der Waals surface area contributed by atoms with E-state index in [9.17, 15) is 17.6 Å². The molecule has 1 nitrogen and oxygen atoms in total. The van der Waals surface area contributed by atoms with E-state index in [1.165, 1.54) is 12.5 Å². The molecule has 118 valence electrons. The topological polar surface area (TPSA) is 12.0 Å². The summed E-state index contributed by atoms with van der Waals surface area (Å²) in [7, 11) is 0. The number of hydrogen-bond donors (Lipinski definition) is 1. The Balaban J connectivity index is 2.26. The van der Waals surface area contributed by atoms with Gasteiger partial charge >= 0.3 is 6.18 Å². The number of rotatable bonds is 4. The molecule has 0 bridgehead atoms. The molecule has 1 N–H and O–H groups in total. The van der Waals surface area contributed by atoms with E-state index in [0.29, 0.717) is 18.0 Å². The van der Waals surface area contributed by atoms with E-state index in [-0.39, 0.29) is 6.04 Å². The van der Waals surface area contributed by atoms with Gasteiger partial charge in [0.05, 0.1) is 5.56 Å². The van der Waals surface area contributed by atoms with Crippen molar-refractivity contribution in [3.63, 3.8) is 0 Å². The molecule has 1 aliphatic rings. The van der Waals surface area contributed by atoms with Gasteiger partial charge in [-0.05, 0) is 43.0 Å². The van der Waals surface area contributed by atoms with Crippen molar-refractivity contribution in [1.82, 2.24) is 5.32 Å². The zero-order valence-electron chi connectivity index (χ0n) is 12.1. The highest BCUT2D eigenvalue weighted by Crippen LogP contribution is 2.37. The van der Waals surface area contributed by atoms with Crippen molar-refractivity contribution < 1.29 is 17.6 Å². The highest BCUT2D eigenvalue weighted by Gasteiger charge is 2.34. The zero-order valence-corrected chi connectivity index (χ0v) is 12.1. The number of halogens is 4. The maximum absolute atomic E-state index is 13.8. The molecule has 0 spiro atoms. The minimum absolute atomic E-state index is 0.0629. The van der Waals surface area contributed by atoms with E-state index in [1.54, 1.807) is 0 Å². The second-order valence-electron chi connectivity index (χ2n) is 5.67. The molecule has 0 saturated heterocycles. The normalized spacial score (nSPS) is 18.7. The summed E-state index contributed by atoms with van der Waals surface area (Å²) >= 11 is 0. The lowest BCUT2D eigenvalue weighted by Gasteiger charge is -2.31. The van der Waals surface area contributed by atoms with Gasteiger partial charge in [-0.25, -0.2) is 4.39 Å². The van der Waals surface area contributed by atoms with E-state index in [4.69, 9.17) is 0 Å². The molecule has 21 heavy (non-hydrogen) atoms. The predicted molar refractivity (Wildman–Crippen MR) is 74.4 cm³/mol. The fourth-order valence-corrected chi connectivity index (χ4v) is 3.20. The Morgan fingerprint density at radius 3 is 2.38 bits per heavy atom. The van der Waals surface area contributed by atoms with Crippen LogP contribution >= 0.6 is 0 Å². The van der Waals surface area contributed by atoms with Crippen molar-refractivity contribution >= 4 is 0 Å². The molecule has 0 aliphatic heterocycles. The summed E-state index contributed by atoms with van der Waals surface area (Å²) in [5.41, 5.74) is -0.570. The monoisotopic (exact) mass is 303 g/mol. The Labute approximate surface area is 122 Å². The minimum atomic E-state index is -4.64. The summed E-state index contributed by atoms with van der Waals surface area (Å²) in [5.74, 6) is -0.812. The lowest BCUT2D eigenvalue weighted by atomic mass is 9.81. The van der Waals surface area contributed by atoms with Crippen LogP contribution in [0.2, 0.25) is 0 Å². The van der Waals surface area contributed by atoms with Crippen molar-refractivity contribution in [2.75, 3.05) is 6.54 Å². The molecule has 1 unspecified atom stereocenters. The Hall–Kier alpha value is -1.10. The fraction of sp³-hybridized carbons (Fsp3) is 0.625. The quantitative estimate of drug-likeness (QED) is 0.765. The first kappa shape index (κ1) is 16.3. The number of nitrogens with one attached hydrogen (secondary N) is 1. The summed E-state index contributed by atoms with van der Waals surface area (Å²) in [5, 5.41) is 3.31. The molecule has 1 aromatic carbocycles. The van der Waals surface area contributed by atoms with Gasteiger partial charge in [-0.1, -0.05) is 32.3 Å². The van der Waals surface area contributed by atoms with Gasteiger partial charge in [0.1, 0.15) is 5.82 Å². The van der Waals surface area contributed by atoms with Crippen LogP contribution in [0, 0.1) is 11.7 Å². The Morgan fingerprint density at radius 1 is 1.19 bits per heavy atom. The summed E-state index contributed by atoms with van der Waals surface area (Å²) in [4.78, 5) is 0. The third-order valence-corrected chi connectivity index (χ3v) is 4.20. The van der Waals surface area contributed by atoms with Crippen molar-refractivity contribution in [3.05, 3.63) is 35.1 Å². The lowest BCUT2D eigenvalue weighted by molar-refractivity contribution is -0.140. The van der Waals surface area contributed by atoms with Crippen LogP contribution in [0.3, 0.4) is 0 Å². The van der Waals surface area contributed by atoms with Crippen molar-refractivity contribution in [2.45, 2.75) is 51.2 Å². The Morgan fingerprint density at radius 2 is 1.86 bits per heavy atom. The first-order valence-corrected chi connectivity index (χ1v) is 7.53. The molecule has 1 saturated carbocycles. The van der Waals surface area contributed by atoms with Gasteiger partial charge in [0, 0.05) is 6.04 Å². The largest absolute Gasteiger partial charge is 0.419 e. The standard InChI is InChI=1S/C16H21F4N/c1-2-21-15(11-6-4-3-5-7-11)12-8-9-13(14(17)10-12)16(18,19)20/h8-11,15,21H,2-7H2,1H3. The van der Waals surface area contributed by atoms with Gasteiger partial charge < -0.3 is 5.32 Å². The molecule has 0 aromatic heterocycles. The SMILES string of the molecule is CCNC(c1ccc(C(F)(F)F)c(F)c1)C1CCCCC1. The van der Waals surface area contributed by atoms with Gasteiger partial charge in [-0.15, -0.1) is 0 Å². The van der Waals surface area contributed by atoms with Crippen molar-refractivity contribution in [3.8, 4) is 0 Å². The van der Waals surface area contributed by atoms with Crippen molar-refractivity contribution in [2.24, 2.45) is 5.92 Å². The molecular formula is C16H21F4N. The molecule has 0 heterocycles. The number of alkyl halides is 3. The Kier molecular flexibility index (Phi) is 5.25. The highest BCUT2D eigenvalue weighted by atomic mass is 19.4. The first-order valence-electron chi connectivity index (χ1n) is 7.53. The van der Waals surface area contributed by atoms with Gasteiger partial charge in [0.15, 0.2) is 0 Å². The van der Waals surface area contributed by atoms with Crippen LogP contribution in [0.4, 0.5) is 17.6 Å². The van der Waals surface area contributed by atoms with Crippen LogP contribution in [-0.4, -0.2) is 6.54 Å². The molecular weight excluding hydrogens is 282 g/mol. The molecule has 1 aliphatic carbocycles. The molecule has 1 atom stereocenters.